The van der Waals surface area contributed by atoms with Crippen molar-refractivity contribution in [2.24, 2.45) is 0 Å². The van der Waals surface area contributed by atoms with Crippen LogP contribution in [0.15, 0.2) is 46.0 Å². The number of H-pyrrole nitrogens is 1. The topological polar surface area (TPSA) is 92.1 Å². The maximum absolute atomic E-state index is 13.9. The molecule has 0 radical (unpaired) electrons. The number of carbonyl (C=O) groups excluding carboxylic acids is 1. The Bertz CT molecular complexity index is 1340. The molecule has 0 saturated carbocycles. The standard InChI is InChI=1S/C22H19FN4O3S/c1-12-17-19(28)25-11-26-21(17)31-18(12)22(29)27-8-4-7-16(27)20-24-10-14(30-20)9-13-5-2-3-6-15(13)23/h2-3,5-6,10-11,16H,4,7-9H2,1H3,(H,25,26,28). The Kier molecular flexibility index (Phi) is 4.90. The first-order valence-corrected chi connectivity index (χ1v) is 10.8. The fourth-order valence-electron chi connectivity index (χ4n) is 4.07. The molecule has 5 rings (SSSR count). The Morgan fingerprint density at radius 1 is 1.35 bits per heavy atom. The summed E-state index contributed by atoms with van der Waals surface area (Å²) in [4.78, 5) is 39.4. The van der Waals surface area contributed by atoms with Gasteiger partial charge in [-0.05, 0) is 37.0 Å². The van der Waals surface area contributed by atoms with Gasteiger partial charge in [0.1, 0.15) is 22.4 Å². The number of aromatic nitrogens is 3. The van der Waals surface area contributed by atoms with Gasteiger partial charge in [0.25, 0.3) is 11.5 Å². The number of hydrogen-bond donors (Lipinski definition) is 1. The van der Waals surface area contributed by atoms with E-state index in [2.05, 4.69) is 15.0 Å². The molecule has 7 nitrogen and oxygen atoms in total. The van der Waals surface area contributed by atoms with Crippen molar-refractivity contribution in [3.05, 3.63) is 80.6 Å². The maximum Gasteiger partial charge on any atom is 0.264 e. The van der Waals surface area contributed by atoms with E-state index in [1.807, 2.05) is 0 Å². The Morgan fingerprint density at radius 3 is 3.00 bits per heavy atom. The molecule has 9 heteroatoms. The van der Waals surface area contributed by atoms with Crippen molar-refractivity contribution in [2.45, 2.75) is 32.2 Å². The van der Waals surface area contributed by atoms with E-state index < -0.39 is 0 Å². The average Bonchev–Trinajstić information content (AvgIpc) is 3.48. The van der Waals surface area contributed by atoms with Gasteiger partial charge in [-0.3, -0.25) is 9.59 Å². The summed E-state index contributed by atoms with van der Waals surface area (Å²) in [7, 11) is 0. The number of fused-ring (bicyclic) bond motifs is 1. The maximum atomic E-state index is 13.9. The van der Waals surface area contributed by atoms with Gasteiger partial charge < -0.3 is 14.3 Å². The lowest BCUT2D eigenvalue weighted by atomic mass is 10.1. The second kappa shape index (κ2) is 7.73. The summed E-state index contributed by atoms with van der Waals surface area (Å²) < 4.78 is 19.9. The van der Waals surface area contributed by atoms with Crippen LogP contribution >= 0.6 is 11.3 Å². The number of oxazole rings is 1. The number of rotatable bonds is 4. The van der Waals surface area contributed by atoms with Crippen molar-refractivity contribution in [1.82, 2.24) is 19.9 Å². The molecule has 1 amide bonds. The molecule has 1 aromatic carbocycles. The van der Waals surface area contributed by atoms with E-state index in [1.54, 1.807) is 36.2 Å². The van der Waals surface area contributed by atoms with Crippen molar-refractivity contribution < 1.29 is 13.6 Å². The van der Waals surface area contributed by atoms with E-state index in [-0.39, 0.29) is 23.3 Å². The molecule has 1 N–H and O–H groups in total. The number of nitrogens with zero attached hydrogens (tertiary/aromatic N) is 3. The molecule has 0 bridgehead atoms. The zero-order valence-corrected chi connectivity index (χ0v) is 17.5. The van der Waals surface area contributed by atoms with Crippen molar-refractivity contribution in [3.8, 4) is 0 Å². The summed E-state index contributed by atoms with van der Waals surface area (Å²) in [5, 5.41) is 0.454. The van der Waals surface area contributed by atoms with Gasteiger partial charge in [0, 0.05) is 13.0 Å². The predicted octanol–water partition coefficient (Wildman–Crippen LogP) is 3.99. The van der Waals surface area contributed by atoms with Crippen molar-refractivity contribution in [2.75, 3.05) is 6.54 Å². The molecule has 1 atom stereocenters. The summed E-state index contributed by atoms with van der Waals surface area (Å²) in [6.07, 6.45) is 4.79. The van der Waals surface area contributed by atoms with Crippen LogP contribution in [0.2, 0.25) is 0 Å². The lowest BCUT2D eigenvalue weighted by Gasteiger charge is -2.22. The first kappa shape index (κ1) is 19.6. The minimum absolute atomic E-state index is 0.156. The highest BCUT2D eigenvalue weighted by Gasteiger charge is 2.35. The number of amides is 1. The minimum Gasteiger partial charge on any atom is -0.443 e. The lowest BCUT2D eigenvalue weighted by Crippen LogP contribution is -2.30. The van der Waals surface area contributed by atoms with Crippen molar-refractivity contribution in [1.29, 1.82) is 0 Å². The number of thiophene rings is 1. The molecule has 1 unspecified atom stereocenters. The number of benzene rings is 1. The number of carbonyl (C=O) groups is 1. The molecule has 1 saturated heterocycles. The van der Waals surface area contributed by atoms with Crippen molar-refractivity contribution >= 4 is 27.5 Å². The zero-order valence-electron chi connectivity index (χ0n) is 16.7. The average molecular weight is 438 g/mol. The molecule has 0 aliphatic carbocycles. The molecule has 0 spiro atoms. The van der Waals surface area contributed by atoms with Gasteiger partial charge in [-0.25, -0.2) is 14.4 Å². The number of likely N-dealkylation sites (tertiary alicyclic amines) is 1. The normalized spacial score (nSPS) is 16.3. The fourth-order valence-corrected chi connectivity index (χ4v) is 5.17. The van der Waals surface area contributed by atoms with Crippen LogP contribution in [0.1, 0.15) is 51.3 Å². The highest BCUT2D eigenvalue weighted by molar-refractivity contribution is 7.20. The summed E-state index contributed by atoms with van der Waals surface area (Å²) in [5.41, 5.74) is 0.919. The van der Waals surface area contributed by atoms with E-state index >= 15 is 0 Å². The number of aromatic amines is 1. The second-order valence-corrected chi connectivity index (χ2v) is 8.56. The van der Waals surface area contributed by atoms with Crippen LogP contribution in [0.5, 0.6) is 0 Å². The monoisotopic (exact) mass is 438 g/mol. The molecule has 1 aliphatic heterocycles. The predicted molar refractivity (Wildman–Crippen MR) is 114 cm³/mol. The lowest BCUT2D eigenvalue weighted by molar-refractivity contribution is 0.0719. The Morgan fingerprint density at radius 2 is 2.19 bits per heavy atom. The highest BCUT2D eigenvalue weighted by atomic mass is 32.1. The first-order valence-electron chi connectivity index (χ1n) is 9.98. The van der Waals surface area contributed by atoms with Crippen LogP contribution in [-0.4, -0.2) is 32.3 Å². The Balaban J connectivity index is 1.42. The molecule has 1 aliphatic rings. The third-order valence-electron chi connectivity index (χ3n) is 5.62. The van der Waals surface area contributed by atoms with Gasteiger partial charge in [0.15, 0.2) is 0 Å². The number of halogens is 1. The molecule has 158 valence electrons. The SMILES string of the molecule is Cc1c(C(=O)N2CCCC2c2ncc(Cc3ccccc3F)o2)sc2nc[nH]c(=O)c12. The molecule has 4 heterocycles. The molecular formula is C22H19FN4O3S. The summed E-state index contributed by atoms with van der Waals surface area (Å²) in [6, 6.07) is 6.25. The molecular weight excluding hydrogens is 419 g/mol. The number of nitrogens with one attached hydrogen (secondary N) is 1. The third-order valence-corrected chi connectivity index (χ3v) is 6.81. The van der Waals surface area contributed by atoms with Crippen LogP contribution < -0.4 is 5.56 Å². The van der Waals surface area contributed by atoms with E-state index in [0.29, 0.717) is 50.8 Å². The molecule has 31 heavy (non-hydrogen) atoms. The molecule has 3 aromatic heterocycles. The summed E-state index contributed by atoms with van der Waals surface area (Å²) in [5.74, 6) is 0.554. The van der Waals surface area contributed by atoms with Crippen LogP contribution in [0.3, 0.4) is 0 Å². The first-order chi connectivity index (χ1) is 15.0. The number of aryl methyl sites for hydroxylation is 1. The van der Waals surface area contributed by atoms with Crippen LogP contribution in [0.25, 0.3) is 10.2 Å². The minimum atomic E-state index is -0.294. The van der Waals surface area contributed by atoms with E-state index in [0.717, 1.165) is 12.8 Å². The Labute approximate surface area is 180 Å². The van der Waals surface area contributed by atoms with Gasteiger partial charge in [0.05, 0.1) is 22.8 Å². The summed E-state index contributed by atoms with van der Waals surface area (Å²) >= 11 is 1.22. The van der Waals surface area contributed by atoms with Gasteiger partial charge >= 0.3 is 0 Å². The second-order valence-electron chi connectivity index (χ2n) is 7.56. The van der Waals surface area contributed by atoms with Crippen LogP contribution in [0, 0.1) is 12.7 Å². The van der Waals surface area contributed by atoms with Crippen LogP contribution in [0.4, 0.5) is 4.39 Å². The van der Waals surface area contributed by atoms with Crippen LogP contribution in [-0.2, 0) is 6.42 Å². The fraction of sp³-hybridized carbons (Fsp3) is 0.273. The Hall–Kier alpha value is -3.33. The number of hydrogen-bond acceptors (Lipinski definition) is 6. The third kappa shape index (κ3) is 3.44. The molecule has 4 aromatic rings. The largest absolute Gasteiger partial charge is 0.443 e. The molecule has 1 fully saturated rings. The zero-order chi connectivity index (χ0) is 21.5. The van der Waals surface area contributed by atoms with Crippen molar-refractivity contribution in [3.63, 3.8) is 0 Å². The van der Waals surface area contributed by atoms with E-state index in [1.165, 1.54) is 23.7 Å². The van der Waals surface area contributed by atoms with Gasteiger partial charge in [-0.1, -0.05) is 18.2 Å². The van der Waals surface area contributed by atoms with E-state index in [4.69, 9.17) is 4.42 Å². The summed E-state index contributed by atoms with van der Waals surface area (Å²) in [6.45, 7) is 2.34. The highest BCUT2D eigenvalue weighted by Crippen LogP contribution is 2.36. The van der Waals surface area contributed by atoms with Gasteiger partial charge in [-0.15, -0.1) is 11.3 Å². The van der Waals surface area contributed by atoms with Gasteiger partial charge in [0.2, 0.25) is 5.89 Å². The smallest absolute Gasteiger partial charge is 0.264 e. The van der Waals surface area contributed by atoms with E-state index in [9.17, 15) is 14.0 Å². The quantitative estimate of drug-likeness (QED) is 0.520. The van der Waals surface area contributed by atoms with Gasteiger partial charge in [-0.2, -0.15) is 0 Å².